The van der Waals surface area contributed by atoms with Gasteiger partial charge in [-0.15, -0.1) is 0 Å². The molecule has 1 atom stereocenters. The van der Waals surface area contributed by atoms with Crippen LogP contribution >= 0.6 is 11.6 Å². The molecule has 0 spiro atoms. The zero-order chi connectivity index (χ0) is 14.0. The van der Waals surface area contributed by atoms with Gasteiger partial charge in [0.2, 0.25) is 11.1 Å². The number of halogens is 1. The van der Waals surface area contributed by atoms with Crippen LogP contribution in [-0.2, 0) is 0 Å². The molecule has 1 aromatic rings. The van der Waals surface area contributed by atoms with Crippen LogP contribution in [-0.4, -0.2) is 53.0 Å². The molecule has 0 radical (unpaired) electrons. The highest BCUT2D eigenvalue weighted by atomic mass is 35.5. The summed E-state index contributed by atoms with van der Waals surface area (Å²) in [7, 11) is 4.02. The Labute approximate surface area is 116 Å². The summed E-state index contributed by atoms with van der Waals surface area (Å²) in [6.07, 6.45) is 3.22. The van der Waals surface area contributed by atoms with Crippen molar-refractivity contribution in [2.45, 2.75) is 18.9 Å². The third-order valence-corrected chi connectivity index (χ3v) is 3.53. The number of likely N-dealkylation sites (N-methyl/N-ethyl adjacent to an activating group) is 1. The van der Waals surface area contributed by atoms with Crippen LogP contribution < -0.4 is 4.90 Å². The Kier molecular flexibility index (Phi) is 4.16. The maximum Gasteiger partial charge on any atom is 0.329 e. The largest absolute Gasteiger partial charge is 0.349 e. The Bertz CT molecular complexity index is 482. The van der Waals surface area contributed by atoms with Gasteiger partial charge in [0.1, 0.15) is 6.20 Å². The van der Waals surface area contributed by atoms with Crippen LogP contribution in [0.4, 0.5) is 11.5 Å². The van der Waals surface area contributed by atoms with Crippen molar-refractivity contribution in [3.05, 3.63) is 21.6 Å². The SMILES string of the molecule is CN(C)C1CCCN(c2nc(Cl)ncc2[N+](=O)[O-])C1. The second-order valence-corrected chi connectivity index (χ2v) is 5.15. The van der Waals surface area contributed by atoms with Crippen LogP contribution in [0, 0.1) is 10.1 Å². The number of nitro groups is 1. The fourth-order valence-corrected chi connectivity index (χ4v) is 2.40. The minimum Gasteiger partial charge on any atom is -0.349 e. The Hall–Kier alpha value is -1.47. The molecule has 8 heteroatoms. The summed E-state index contributed by atoms with van der Waals surface area (Å²) in [4.78, 5) is 22.3. The lowest BCUT2D eigenvalue weighted by molar-refractivity contribution is -0.384. The first-order valence-corrected chi connectivity index (χ1v) is 6.45. The predicted octanol–water partition coefficient (Wildman–Crippen LogP) is 1.57. The van der Waals surface area contributed by atoms with Gasteiger partial charge in [0.15, 0.2) is 0 Å². The standard InChI is InChI=1S/C11H16ClN5O2/c1-15(2)8-4-3-5-16(7-8)10-9(17(18)19)6-13-11(12)14-10/h6,8H,3-5,7H2,1-2H3. The number of rotatable bonds is 3. The van der Waals surface area contributed by atoms with Crippen molar-refractivity contribution in [3.63, 3.8) is 0 Å². The van der Waals surface area contributed by atoms with Gasteiger partial charge in [-0.05, 0) is 38.5 Å². The van der Waals surface area contributed by atoms with Crippen LogP contribution in [0.2, 0.25) is 5.28 Å². The molecule has 104 valence electrons. The van der Waals surface area contributed by atoms with E-state index in [9.17, 15) is 10.1 Å². The average Bonchev–Trinajstić information content (AvgIpc) is 2.38. The number of hydrogen-bond donors (Lipinski definition) is 0. The molecule has 1 saturated heterocycles. The molecule has 19 heavy (non-hydrogen) atoms. The monoisotopic (exact) mass is 285 g/mol. The molecule has 1 aromatic heterocycles. The second-order valence-electron chi connectivity index (χ2n) is 4.81. The zero-order valence-electron chi connectivity index (χ0n) is 10.9. The average molecular weight is 286 g/mol. The predicted molar refractivity (Wildman–Crippen MR) is 72.6 cm³/mol. The molecule has 1 fully saturated rings. The number of piperidine rings is 1. The van der Waals surface area contributed by atoms with Crippen LogP contribution in [0.15, 0.2) is 6.20 Å². The Morgan fingerprint density at radius 2 is 2.32 bits per heavy atom. The van der Waals surface area contributed by atoms with Gasteiger partial charge < -0.3 is 9.80 Å². The molecule has 0 aromatic carbocycles. The second kappa shape index (κ2) is 5.66. The molecule has 1 unspecified atom stereocenters. The van der Waals surface area contributed by atoms with Gasteiger partial charge in [-0.25, -0.2) is 4.98 Å². The maximum atomic E-state index is 11.0. The van der Waals surface area contributed by atoms with E-state index in [0.717, 1.165) is 19.4 Å². The molecule has 0 bridgehead atoms. The number of hydrogen-bond acceptors (Lipinski definition) is 6. The van der Waals surface area contributed by atoms with E-state index in [4.69, 9.17) is 11.6 Å². The lowest BCUT2D eigenvalue weighted by Crippen LogP contribution is -2.45. The maximum absolute atomic E-state index is 11.0. The quantitative estimate of drug-likeness (QED) is 0.477. The van der Waals surface area contributed by atoms with Crippen molar-refractivity contribution in [2.75, 3.05) is 32.1 Å². The van der Waals surface area contributed by atoms with Crippen LogP contribution in [0.1, 0.15) is 12.8 Å². The van der Waals surface area contributed by atoms with E-state index in [1.807, 2.05) is 19.0 Å². The van der Waals surface area contributed by atoms with Gasteiger partial charge in [0.05, 0.1) is 4.92 Å². The van der Waals surface area contributed by atoms with Gasteiger partial charge in [0, 0.05) is 19.1 Å². The van der Waals surface area contributed by atoms with Crippen molar-refractivity contribution in [2.24, 2.45) is 0 Å². The van der Waals surface area contributed by atoms with Gasteiger partial charge in [0.25, 0.3) is 0 Å². The molecule has 0 aliphatic carbocycles. The third-order valence-electron chi connectivity index (χ3n) is 3.34. The highest BCUT2D eigenvalue weighted by Crippen LogP contribution is 2.29. The highest BCUT2D eigenvalue weighted by molar-refractivity contribution is 6.28. The topological polar surface area (TPSA) is 75.4 Å². The first-order valence-electron chi connectivity index (χ1n) is 6.07. The molecule has 1 aliphatic heterocycles. The van der Waals surface area contributed by atoms with Crippen molar-refractivity contribution < 1.29 is 4.92 Å². The smallest absolute Gasteiger partial charge is 0.329 e. The lowest BCUT2D eigenvalue weighted by atomic mass is 10.0. The van der Waals surface area contributed by atoms with Crippen molar-refractivity contribution in [1.29, 1.82) is 0 Å². The van der Waals surface area contributed by atoms with E-state index in [1.165, 1.54) is 6.20 Å². The number of anilines is 1. The molecule has 0 saturated carbocycles. The minimum atomic E-state index is -0.467. The molecule has 7 nitrogen and oxygen atoms in total. The minimum absolute atomic E-state index is 0.0348. The van der Waals surface area contributed by atoms with Crippen molar-refractivity contribution in [3.8, 4) is 0 Å². The molecular weight excluding hydrogens is 270 g/mol. The summed E-state index contributed by atoms with van der Waals surface area (Å²) < 4.78 is 0. The van der Waals surface area contributed by atoms with Gasteiger partial charge in [-0.1, -0.05) is 0 Å². The van der Waals surface area contributed by atoms with Gasteiger partial charge in [-0.3, -0.25) is 10.1 Å². The first-order chi connectivity index (χ1) is 8.99. The zero-order valence-corrected chi connectivity index (χ0v) is 11.7. The van der Waals surface area contributed by atoms with E-state index >= 15 is 0 Å². The van der Waals surface area contributed by atoms with Crippen molar-refractivity contribution >= 4 is 23.1 Å². The van der Waals surface area contributed by atoms with E-state index in [-0.39, 0.29) is 11.0 Å². The summed E-state index contributed by atoms with van der Waals surface area (Å²) in [5.41, 5.74) is -0.0937. The first kappa shape index (κ1) is 14.0. The lowest BCUT2D eigenvalue weighted by Gasteiger charge is -2.36. The molecule has 0 amide bonds. The normalized spacial score (nSPS) is 19.8. The summed E-state index contributed by atoms with van der Waals surface area (Å²) in [5.74, 6) is 0.316. The Balaban J connectivity index is 2.30. The molecule has 2 heterocycles. The highest BCUT2D eigenvalue weighted by Gasteiger charge is 2.28. The Morgan fingerprint density at radius 3 is 2.95 bits per heavy atom. The van der Waals surface area contributed by atoms with Crippen LogP contribution in [0.5, 0.6) is 0 Å². The van der Waals surface area contributed by atoms with E-state index in [2.05, 4.69) is 14.9 Å². The molecule has 0 N–H and O–H groups in total. The molecular formula is C11H16ClN5O2. The van der Waals surface area contributed by atoms with E-state index in [0.29, 0.717) is 18.4 Å². The van der Waals surface area contributed by atoms with Crippen LogP contribution in [0.3, 0.4) is 0 Å². The summed E-state index contributed by atoms with van der Waals surface area (Å²) in [6, 6.07) is 0.363. The molecule has 1 aliphatic rings. The van der Waals surface area contributed by atoms with Crippen LogP contribution in [0.25, 0.3) is 0 Å². The third kappa shape index (κ3) is 3.10. The van der Waals surface area contributed by atoms with E-state index in [1.54, 1.807) is 0 Å². The fraction of sp³-hybridized carbons (Fsp3) is 0.636. The number of aromatic nitrogens is 2. The Morgan fingerprint density at radius 1 is 1.58 bits per heavy atom. The summed E-state index contributed by atoms with van der Waals surface area (Å²) in [6.45, 7) is 1.46. The van der Waals surface area contributed by atoms with Crippen molar-refractivity contribution in [1.82, 2.24) is 14.9 Å². The fourth-order valence-electron chi connectivity index (χ4n) is 2.28. The summed E-state index contributed by atoms with van der Waals surface area (Å²) in [5, 5.41) is 11.1. The van der Waals surface area contributed by atoms with Gasteiger partial charge >= 0.3 is 5.69 Å². The van der Waals surface area contributed by atoms with Gasteiger partial charge in [-0.2, -0.15) is 4.98 Å². The van der Waals surface area contributed by atoms with E-state index < -0.39 is 4.92 Å². The number of nitrogens with zero attached hydrogens (tertiary/aromatic N) is 5. The summed E-state index contributed by atoms with van der Waals surface area (Å²) >= 11 is 5.76. The molecule has 2 rings (SSSR count).